The summed E-state index contributed by atoms with van der Waals surface area (Å²) in [6.45, 7) is 0.921. The van der Waals surface area contributed by atoms with Gasteiger partial charge in [-0.05, 0) is 34.1 Å². The molecule has 110 valence electrons. The maximum absolute atomic E-state index is 12.1. The fourth-order valence-corrected chi connectivity index (χ4v) is 1.95. The van der Waals surface area contributed by atoms with Crippen LogP contribution in [0.4, 0.5) is 5.69 Å². The molecular formula is C14H14BrN3O3. The first-order valence-corrected chi connectivity index (χ1v) is 6.99. The number of nitrogens with zero attached hydrogens (tertiary/aromatic N) is 2. The topological polar surface area (TPSA) is 73.3 Å². The number of carbonyl (C=O) groups excluding carboxylic acids is 1. The highest BCUT2D eigenvalue weighted by molar-refractivity contribution is 9.10. The molecule has 2 aromatic rings. The van der Waals surface area contributed by atoms with E-state index in [1.165, 1.54) is 6.20 Å². The molecule has 0 unspecified atom stereocenters. The maximum Gasteiger partial charge on any atom is 0.275 e. The molecule has 0 fully saturated rings. The number of pyridine rings is 2. The molecule has 1 N–H and O–H groups in total. The van der Waals surface area contributed by atoms with Gasteiger partial charge in [0.1, 0.15) is 12.3 Å². The number of carbonyl (C=O) groups is 1. The lowest BCUT2D eigenvalue weighted by molar-refractivity contribution is 0.102. The molecule has 0 spiro atoms. The van der Waals surface area contributed by atoms with Crippen LogP contribution in [0.3, 0.4) is 0 Å². The molecule has 21 heavy (non-hydrogen) atoms. The van der Waals surface area contributed by atoms with E-state index < -0.39 is 0 Å². The summed E-state index contributed by atoms with van der Waals surface area (Å²) in [6.07, 6.45) is 3.08. The normalized spacial score (nSPS) is 10.2. The van der Waals surface area contributed by atoms with E-state index in [2.05, 4.69) is 31.2 Å². The second kappa shape index (κ2) is 7.70. The molecule has 0 radical (unpaired) electrons. The molecule has 0 aliphatic carbocycles. The third-order valence-corrected chi connectivity index (χ3v) is 3.15. The average molecular weight is 352 g/mol. The van der Waals surface area contributed by atoms with E-state index in [1.807, 2.05) is 0 Å². The van der Waals surface area contributed by atoms with Crippen LogP contribution in [0.2, 0.25) is 0 Å². The Morgan fingerprint density at radius 3 is 2.81 bits per heavy atom. The predicted octanol–water partition coefficient (Wildman–Crippen LogP) is 2.52. The monoisotopic (exact) mass is 351 g/mol. The van der Waals surface area contributed by atoms with Crippen LogP contribution in [-0.2, 0) is 4.74 Å². The van der Waals surface area contributed by atoms with Crippen molar-refractivity contribution in [3.05, 3.63) is 46.8 Å². The van der Waals surface area contributed by atoms with Gasteiger partial charge in [-0.25, -0.2) is 9.97 Å². The Hall–Kier alpha value is -1.99. The van der Waals surface area contributed by atoms with Crippen molar-refractivity contribution in [2.24, 2.45) is 0 Å². The van der Waals surface area contributed by atoms with Crippen molar-refractivity contribution in [3.63, 3.8) is 0 Å². The highest BCUT2D eigenvalue weighted by Gasteiger charge is 2.11. The number of nitrogens with one attached hydrogen (secondary N) is 1. The van der Waals surface area contributed by atoms with Crippen molar-refractivity contribution in [1.82, 2.24) is 9.97 Å². The van der Waals surface area contributed by atoms with Crippen molar-refractivity contribution < 1.29 is 14.3 Å². The van der Waals surface area contributed by atoms with Crippen LogP contribution in [0.1, 0.15) is 10.5 Å². The maximum atomic E-state index is 12.1. The van der Waals surface area contributed by atoms with E-state index >= 15 is 0 Å². The standard InChI is InChI=1S/C14H14BrN3O3/c1-20-7-8-21-12-5-4-10(9-17-12)18-14(19)13-11(15)3-2-6-16-13/h2-6,9H,7-8H2,1H3,(H,18,19). The summed E-state index contributed by atoms with van der Waals surface area (Å²) < 4.78 is 10.9. The molecule has 6 nitrogen and oxygen atoms in total. The zero-order valence-electron chi connectivity index (χ0n) is 11.4. The third-order valence-electron chi connectivity index (χ3n) is 2.51. The summed E-state index contributed by atoms with van der Waals surface area (Å²) in [7, 11) is 1.60. The van der Waals surface area contributed by atoms with Gasteiger partial charge >= 0.3 is 0 Å². The SMILES string of the molecule is COCCOc1ccc(NC(=O)c2ncccc2Br)cn1. The molecule has 2 aromatic heterocycles. The fourth-order valence-electron chi connectivity index (χ4n) is 1.51. The summed E-state index contributed by atoms with van der Waals surface area (Å²) >= 11 is 3.29. The second-order valence-electron chi connectivity index (χ2n) is 4.01. The van der Waals surface area contributed by atoms with Crippen molar-refractivity contribution in [3.8, 4) is 5.88 Å². The lowest BCUT2D eigenvalue weighted by atomic mass is 10.3. The van der Waals surface area contributed by atoms with E-state index in [0.717, 1.165) is 0 Å². The van der Waals surface area contributed by atoms with Crippen LogP contribution in [0.25, 0.3) is 0 Å². The summed E-state index contributed by atoms with van der Waals surface area (Å²) in [5.41, 5.74) is 0.884. The number of aromatic nitrogens is 2. The zero-order valence-corrected chi connectivity index (χ0v) is 13.0. The zero-order chi connectivity index (χ0) is 15.1. The van der Waals surface area contributed by atoms with Crippen molar-refractivity contribution >= 4 is 27.5 Å². The first kappa shape index (κ1) is 15.4. The van der Waals surface area contributed by atoms with E-state index in [4.69, 9.17) is 9.47 Å². The molecule has 2 heterocycles. The number of amides is 1. The minimum atomic E-state index is -0.308. The Bertz CT molecular complexity index is 605. The summed E-state index contributed by atoms with van der Waals surface area (Å²) in [5, 5.41) is 2.72. The Kier molecular flexibility index (Phi) is 5.65. The predicted molar refractivity (Wildman–Crippen MR) is 81.5 cm³/mol. The number of rotatable bonds is 6. The van der Waals surface area contributed by atoms with Gasteiger partial charge in [0.05, 0.1) is 18.5 Å². The lowest BCUT2D eigenvalue weighted by Gasteiger charge is -2.07. The van der Waals surface area contributed by atoms with Gasteiger partial charge in [-0.15, -0.1) is 0 Å². The van der Waals surface area contributed by atoms with Gasteiger partial charge in [0.2, 0.25) is 5.88 Å². The highest BCUT2D eigenvalue weighted by Crippen LogP contribution is 2.16. The van der Waals surface area contributed by atoms with Crippen LogP contribution < -0.4 is 10.1 Å². The molecule has 1 amide bonds. The summed E-state index contributed by atoms with van der Waals surface area (Å²) in [4.78, 5) is 20.2. The Balaban J connectivity index is 1.97. The number of ether oxygens (including phenoxy) is 2. The molecule has 2 rings (SSSR count). The third kappa shape index (κ3) is 4.51. The number of hydrogen-bond donors (Lipinski definition) is 1. The number of hydrogen-bond acceptors (Lipinski definition) is 5. The van der Waals surface area contributed by atoms with Gasteiger partial charge in [-0.1, -0.05) is 0 Å². The van der Waals surface area contributed by atoms with Crippen LogP contribution in [-0.4, -0.2) is 36.2 Å². The Labute approximate surface area is 130 Å². The van der Waals surface area contributed by atoms with E-state index in [1.54, 1.807) is 37.6 Å². The van der Waals surface area contributed by atoms with Gasteiger partial charge in [0, 0.05) is 23.8 Å². The van der Waals surface area contributed by atoms with Crippen LogP contribution in [0.5, 0.6) is 5.88 Å². The molecule has 7 heteroatoms. The van der Waals surface area contributed by atoms with Gasteiger partial charge in [-0.2, -0.15) is 0 Å². The smallest absolute Gasteiger partial charge is 0.275 e. The largest absolute Gasteiger partial charge is 0.475 e. The van der Waals surface area contributed by atoms with E-state index in [9.17, 15) is 4.79 Å². The molecule has 0 saturated heterocycles. The lowest BCUT2D eigenvalue weighted by Crippen LogP contribution is -2.14. The summed E-state index contributed by atoms with van der Waals surface area (Å²) in [6, 6.07) is 6.89. The summed E-state index contributed by atoms with van der Waals surface area (Å²) in [5.74, 6) is 0.168. The Morgan fingerprint density at radius 1 is 1.29 bits per heavy atom. The second-order valence-corrected chi connectivity index (χ2v) is 4.87. The van der Waals surface area contributed by atoms with Gasteiger partial charge in [-0.3, -0.25) is 4.79 Å². The van der Waals surface area contributed by atoms with Crippen molar-refractivity contribution in [2.75, 3.05) is 25.6 Å². The Morgan fingerprint density at radius 2 is 2.14 bits per heavy atom. The van der Waals surface area contributed by atoms with Crippen LogP contribution in [0.15, 0.2) is 41.1 Å². The molecule has 0 aromatic carbocycles. The number of halogens is 1. The van der Waals surface area contributed by atoms with Gasteiger partial charge in [0.25, 0.3) is 5.91 Å². The van der Waals surface area contributed by atoms with Gasteiger partial charge in [0.15, 0.2) is 0 Å². The first-order valence-electron chi connectivity index (χ1n) is 6.20. The minimum absolute atomic E-state index is 0.308. The quantitative estimate of drug-likeness (QED) is 0.809. The van der Waals surface area contributed by atoms with E-state index in [0.29, 0.717) is 34.9 Å². The van der Waals surface area contributed by atoms with Crippen molar-refractivity contribution in [2.45, 2.75) is 0 Å². The van der Waals surface area contributed by atoms with Crippen molar-refractivity contribution in [1.29, 1.82) is 0 Å². The molecular weight excluding hydrogens is 338 g/mol. The average Bonchev–Trinajstić information content (AvgIpc) is 2.49. The van der Waals surface area contributed by atoms with Crippen LogP contribution >= 0.6 is 15.9 Å². The number of anilines is 1. The minimum Gasteiger partial charge on any atom is -0.475 e. The molecule has 0 bridgehead atoms. The molecule has 0 aliphatic heterocycles. The molecule has 0 aliphatic rings. The number of methoxy groups -OCH3 is 1. The first-order chi connectivity index (χ1) is 10.2. The fraction of sp³-hybridized carbons (Fsp3) is 0.214. The molecule has 0 saturated carbocycles. The highest BCUT2D eigenvalue weighted by atomic mass is 79.9. The van der Waals surface area contributed by atoms with Gasteiger partial charge < -0.3 is 14.8 Å². The van der Waals surface area contributed by atoms with Crippen LogP contribution in [0, 0.1) is 0 Å². The molecule has 0 atom stereocenters. The van der Waals surface area contributed by atoms with E-state index in [-0.39, 0.29) is 5.91 Å².